The van der Waals surface area contributed by atoms with Gasteiger partial charge in [-0.15, -0.1) is 0 Å². The molecule has 0 fully saturated rings. The monoisotopic (exact) mass is 302 g/mol. The SMILES string of the molecule is CCCCCCC[CH2][Zn][CH2]CCC.P.S. The van der Waals surface area contributed by atoms with Gasteiger partial charge < -0.3 is 0 Å². The molecule has 0 aromatic heterocycles. The second-order valence-electron chi connectivity index (χ2n) is 4.18. The number of hydrogen-bond donors (Lipinski definition) is 0. The van der Waals surface area contributed by atoms with Gasteiger partial charge in [0.25, 0.3) is 0 Å². The van der Waals surface area contributed by atoms with Crippen LogP contribution in [0.2, 0.25) is 10.0 Å². The summed E-state index contributed by atoms with van der Waals surface area (Å²) in [5, 5.41) is 3.32. The zero-order chi connectivity index (χ0) is 9.78. The Morgan fingerprint density at radius 3 is 1.73 bits per heavy atom. The third kappa shape index (κ3) is 21.3. The molecule has 0 aromatic rings. The number of rotatable bonds is 10. The van der Waals surface area contributed by atoms with Gasteiger partial charge in [-0.3, -0.25) is 0 Å². The summed E-state index contributed by atoms with van der Waals surface area (Å²) in [6.07, 6.45) is 11.9. The normalized spacial score (nSPS) is 8.67. The number of hydrogen-bond acceptors (Lipinski definition) is 0. The summed E-state index contributed by atoms with van der Waals surface area (Å²) >= 11 is -0.0287. The summed E-state index contributed by atoms with van der Waals surface area (Å²) in [5.41, 5.74) is 0. The predicted molar refractivity (Wildman–Crippen MR) is 79.4 cm³/mol. The van der Waals surface area contributed by atoms with Crippen LogP contribution in [0.5, 0.6) is 0 Å². The molecule has 0 spiro atoms. The summed E-state index contributed by atoms with van der Waals surface area (Å²) in [4.78, 5) is 0. The summed E-state index contributed by atoms with van der Waals surface area (Å²) < 4.78 is 0. The van der Waals surface area contributed by atoms with Crippen LogP contribution >= 0.6 is 23.4 Å². The van der Waals surface area contributed by atoms with Gasteiger partial charge in [0, 0.05) is 0 Å². The van der Waals surface area contributed by atoms with Crippen molar-refractivity contribution in [2.24, 2.45) is 0 Å². The maximum absolute atomic E-state index is 2.31. The summed E-state index contributed by atoms with van der Waals surface area (Å²) in [6.45, 7) is 4.60. The van der Waals surface area contributed by atoms with Crippen molar-refractivity contribution < 1.29 is 17.1 Å². The molecule has 0 nitrogen and oxygen atoms in total. The van der Waals surface area contributed by atoms with Crippen molar-refractivity contribution in [1.29, 1.82) is 0 Å². The van der Waals surface area contributed by atoms with E-state index in [0.717, 1.165) is 0 Å². The Kier molecular flexibility index (Phi) is 30.0. The fourth-order valence-corrected chi connectivity index (χ4v) is 5.75. The van der Waals surface area contributed by atoms with Crippen molar-refractivity contribution in [3.8, 4) is 0 Å². The van der Waals surface area contributed by atoms with Crippen molar-refractivity contribution >= 4 is 23.4 Å². The van der Waals surface area contributed by atoms with E-state index in [1.165, 1.54) is 44.9 Å². The van der Waals surface area contributed by atoms with Crippen LogP contribution in [0.1, 0.15) is 65.2 Å². The third-order valence-corrected chi connectivity index (χ3v) is 6.90. The van der Waals surface area contributed by atoms with Gasteiger partial charge in [0.2, 0.25) is 0 Å². The Bertz CT molecular complexity index is 81.7. The van der Waals surface area contributed by atoms with Gasteiger partial charge in [-0.05, 0) is 0 Å². The average Bonchev–Trinajstić information content (AvgIpc) is 2.16. The molecule has 0 aliphatic heterocycles. The van der Waals surface area contributed by atoms with E-state index in [0.29, 0.717) is 0 Å². The van der Waals surface area contributed by atoms with E-state index in [1.54, 1.807) is 16.5 Å². The first-order valence-electron chi connectivity index (χ1n) is 6.41. The molecule has 0 bridgehead atoms. The summed E-state index contributed by atoms with van der Waals surface area (Å²) in [5.74, 6) is 0. The van der Waals surface area contributed by atoms with Crippen LogP contribution in [0.15, 0.2) is 0 Å². The maximum Gasteiger partial charge on any atom is -0.153 e. The first-order chi connectivity index (χ1) is 6.41. The molecule has 0 aromatic carbocycles. The molecule has 0 aliphatic carbocycles. The first-order valence-corrected chi connectivity index (χ1v) is 10.6. The van der Waals surface area contributed by atoms with E-state index < -0.39 is 0 Å². The van der Waals surface area contributed by atoms with E-state index >= 15 is 0 Å². The Labute approximate surface area is 115 Å². The molecule has 0 aliphatic rings. The van der Waals surface area contributed by atoms with Gasteiger partial charge in [0.15, 0.2) is 0 Å². The van der Waals surface area contributed by atoms with E-state index in [9.17, 15) is 0 Å². The topological polar surface area (TPSA) is 0 Å². The Morgan fingerprint density at radius 2 is 1.13 bits per heavy atom. The molecule has 0 rings (SSSR count). The van der Waals surface area contributed by atoms with Crippen LogP contribution in [0, 0.1) is 0 Å². The first kappa shape index (κ1) is 21.7. The van der Waals surface area contributed by atoms with E-state index in [-0.39, 0.29) is 40.5 Å². The summed E-state index contributed by atoms with van der Waals surface area (Å²) in [7, 11) is 0. The fraction of sp³-hybridized carbons (Fsp3) is 1.00. The van der Waals surface area contributed by atoms with Crippen LogP contribution < -0.4 is 0 Å². The van der Waals surface area contributed by atoms with Crippen LogP contribution in [-0.2, 0) is 17.1 Å². The van der Waals surface area contributed by atoms with Crippen molar-refractivity contribution in [2.45, 2.75) is 75.2 Å². The third-order valence-electron chi connectivity index (χ3n) is 2.71. The maximum atomic E-state index is 2.31. The van der Waals surface area contributed by atoms with Crippen LogP contribution in [0.4, 0.5) is 0 Å². The van der Waals surface area contributed by atoms with E-state index in [4.69, 9.17) is 0 Å². The quantitative estimate of drug-likeness (QED) is 0.294. The van der Waals surface area contributed by atoms with Gasteiger partial charge >= 0.3 is 92.4 Å². The molecule has 1 atom stereocenters. The van der Waals surface area contributed by atoms with Gasteiger partial charge in [0.1, 0.15) is 0 Å². The standard InChI is InChI=1S/C8H17.C4H9.H3P.H2S.Zn/c1-3-5-7-8-6-4-2;1-3-4-2;;;/h1,3-8H2,2H3;1,3-4H2,2H3;1H3;1H2;. The van der Waals surface area contributed by atoms with Crippen LogP contribution in [0.25, 0.3) is 0 Å². The number of unbranched alkanes of at least 4 members (excludes halogenated alkanes) is 6. The zero-order valence-electron chi connectivity index (χ0n) is 11.0. The molecule has 15 heavy (non-hydrogen) atoms. The molecular formula is C12H31PSZn. The Morgan fingerprint density at radius 1 is 0.667 bits per heavy atom. The Hall–Kier alpha value is 1.40. The van der Waals surface area contributed by atoms with E-state index in [1.807, 2.05) is 0 Å². The molecule has 1 unspecified atom stereocenters. The average molecular weight is 304 g/mol. The van der Waals surface area contributed by atoms with Crippen LogP contribution in [0.3, 0.4) is 0 Å². The molecule has 0 N–H and O–H groups in total. The molecule has 3 heteroatoms. The minimum atomic E-state index is -0.0287. The van der Waals surface area contributed by atoms with Gasteiger partial charge in [-0.2, -0.15) is 23.4 Å². The molecule has 0 saturated carbocycles. The van der Waals surface area contributed by atoms with Crippen molar-refractivity contribution in [3.05, 3.63) is 0 Å². The van der Waals surface area contributed by atoms with Gasteiger partial charge in [0.05, 0.1) is 0 Å². The van der Waals surface area contributed by atoms with Gasteiger partial charge in [-0.1, -0.05) is 0 Å². The fourth-order valence-electron chi connectivity index (χ4n) is 1.74. The van der Waals surface area contributed by atoms with Crippen molar-refractivity contribution in [3.63, 3.8) is 0 Å². The second-order valence-corrected chi connectivity index (χ2v) is 8.63. The molecule has 0 heterocycles. The second kappa shape index (κ2) is 20.8. The molecule has 92 valence electrons. The van der Waals surface area contributed by atoms with E-state index in [2.05, 4.69) is 13.8 Å². The molecular weight excluding hydrogens is 273 g/mol. The van der Waals surface area contributed by atoms with Crippen molar-refractivity contribution in [1.82, 2.24) is 0 Å². The van der Waals surface area contributed by atoms with Gasteiger partial charge in [-0.25, -0.2) is 0 Å². The minimum Gasteiger partial charge on any atom is -0.197 e. The predicted octanol–water partition coefficient (Wildman–Crippen LogP) is 5.24. The summed E-state index contributed by atoms with van der Waals surface area (Å²) in [6, 6.07) is 0. The molecule has 0 saturated heterocycles. The Balaban J connectivity index is -0.000000720. The largest absolute Gasteiger partial charge is 0.197 e. The van der Waals surface area contributed by atoms with Crippen molar-refractivity contribution in [2.75, 3.05) is 0 Å². The van der Waals surface area contributed by atoms with Crippen LogP contribution in [-0.4, -0.2) is 0 Å². The smallest absolute Gasteiger partial charge is 0.153 e. The zero-order valence-corrected chi connectivity index (χ0v) is 16.4. The minimum absolute atomic E-state index is 0. The molecule has 0 radical (unpaired) electrons. The molecule has 0 amide bonds.